The van der Waals surface area contributed by atoms with Crippen LogP contribution in [0.4, 0.5) is 0 Å². The third-order valence-corrected chi connectivity index (χ3v) is 3.38. The van der Waals surface area contributed by atoms with Gasteiger partial charge in [0.2, 0.25) is 0 Å². The zero-order valence-electron chi connectivity index (χ0n) is 10.6. The smallest absolute Gasteiger partial charge is 0.274 e. The Balaban J connectivity index is 2.27. The first-order valence-corrected chi connectivity index (χ1v) is 6.06. The molecule has 0 bridgehead atoms. The van der Waals surface area contributed by atoms with Crippen LogP contribution < -0.4 is 10.2 Å². The molecule has 0 spiro atoms. The number of benzene rings is 1. The first-order valence-electron chi connectivity index (χ1n) is 6.06. The van der Waals surface area contributed by atoms with E-state index >= 15 is 0 Å². The first-order chi connectivity index (χ1) is 8.65. The summed E-state index contributed by atoms with van der Waals surface area (Å²) in [5.41, 5.74) is 3.08. The van der Waals surface area contributed by atoms with Gasteiger partial charge >= 0.3 is 0 Å². The van der Waals surface area contributed by atoms with Crippen molar-refractivity contribution in [1.29, 1.82) is 0 Å². The number of fused-ring (bicyclic) bond motifs is 1. The molecule has 1 aliphatic rings. The van der Waals surface area contributed by atoms with Gasteiger partial charge in [0.25, 0.3) is 5.91 Å². The average molecular weight is 250 g/mol. The molecule has 0 fully saturated rings. The number of ether oxygens (including phenoxy) is 1. The molecular weight excluding hydrogens is 232 g/mol. The van der Waals surface area contributed by atoms with Crippen LogP contribution >= 0.6 is 0 Å². The maximum absolute atomic E-state index is 11.3. The van der Waals surface area contributed by atoms with Crippen molar-refractivity contribution in [2.75, 3.05) is 13.7 Å². The monoisotopic (exact) mass is 250 g/mol. The maximum Gasteiger partial charge on any atom is 0.274 e. The number of nitrogens with zero attached hydrogens (tertiary/aromatic N) is 1. The summed E-state index contributed by atoms with van der Waals surface area (Å²) in [4.78, 5) is 13.6. The Kier molecular flexibility index (Phi) is 3.84. The lowest BCUT2D eigenvalue weighted by atomic mass is 10.1. The van der Waals surface area contributed by atoms with Crippen molar-refractivity contribution in [3.05, 3.63) is 29.3 Å². The molecule has 1 heterocycles. The molecule has 0 aromatic heterocycles. The molecule has 0 radical (unpaired) electrons. The predicted octanol–water partition coefficient (Wildman–Crippen LogP) is 1.41. The van der Waals surface area contributed by atoms with Crippen molar-refractivity contribution in [3.63, 3.8) is 0 Å². The lowest BCUT2D eigenvalue weighted by molar-refractivity contribution is 0.0706. The minimum absolute atomic E-state index is 0.382. The number of likely N-dealkylation sites (N-methyl/N-ethyl adjacent to an activating group) is 1. The van der Waals surface area contributed by atoms with E-state index < -0.39 is 5.91 Å². The molecule has 0 unspecified atom stereocenters. The maximum atomic E-state index is 11.3. The molecule has 0 saturated carbocycles. The molecule has 1 aromatic rings. The van der Waals surface area contributed by atoms with Gasteiger partial charge in [0.1, 0.15) is 12.4 Å². The Hall–Kier alpha value is -1.59. The van der Waals surface area contributed by atoms with Crippen LogP contribution in [0.25, 0.3) is 0 Å². The average Bonchev–Trinajstić information content (AvgIpc) is 2.55. The van der Waals surface area contributed by atoms with E-state index in [9.17, 15) is 4.79 Å². The lowest BCUT2D eigenvalue weighted by Crippen LogP contribution is -2.33. The largest absolute Gasteiger partial charge is 0.492 e. The molecule has 0 saturated heterocycles. The van der Waals surface area contributed by atoms with Gasteiger partial charge in [0.05, 0.1) is 0 Å². The van der Waals surface area contributed by atoms with E-state index in [4.69, 9.17) is 9.94 Å². The Morgan fingerprint density at radius 2 is 2.39 bits per heavy atom. The second kappa shape index (κ2) is 5.37. The molecule has 1 atom stereocenters. The van der Waals surface area contributed by atoms with Crippen molar-refractivity contribution >= 4 is 5.91 Å². The second-order valence-electron chi connectivity index (χ2n) is 4.55. The van der Waals surface area contributed by atoms with Gasteiger partial charge in [0.15, 0.2) is 0 Å². The quantitative estimate of drug-likeness (QED) is 0.615. The van der Waals surface area contributed by atoms with Crippen molar-refractivity contribution in [1.82, 2.24) is 10.4 Å². The number of rotatable bonds is 2. The third-order valence-electron chi connectivity index (χ3n) is 3.38. The fourth-order valence-electron chi connectivity index (χ4n) is 2.17. The minimum atomic E-state index is -0.522. The lowest BCUT2D eigenvalue weighted by Gasteiger charge is -2.22. The first kappa shape index (κ1) is 12.9. The molecule has 1 aromatic carbocycles. The summed E-state index contributed by atoms with van der Waals surface area (Å²) in [5, 5.41) is 8.62. The topological polar surface area (TPSA) is 61.8 Å². The van der Waals surface area contributed by atoms with Crippen LogP contribution in [-0.4, -0.2) is 35.7 Å². The van der Waals surface area contributed by atoms with Gasteiger partial charge in [-0.15, -0.1) is 0 Å². The van der Waals surface area contributed by atoms with Gasteiger partial charge in [-0.1, -0.05) is 13.0 Å². The molecule has 18 heavy (non-hydrogen) atoms. The zero-order chi connectivity index (χ0) is 13.1. The molecule has 1 amide bonds. The number of nitrogens with one attached hydrogen (secondary N) is 1. The highest BCUT2D eigenvalue weighted by Gasteiger charge is 2.21. The van der Waals surface area contributed by atoms with Gasteiger partial charge in [-0.2, -0.15) is 0 Å². The predicted molar refractivity (Wildman–Crippen MR) is 66.7 cm³/mol. The van der Waals surface area contributed by atoms with Crippen molar-refractivity contribution in [2.24, 2.45) is 0 Å². The van der Waals surface area contributed by atoms with Crippen LogP contribution in [0.15, 0.2) is 18.2 Å². The van der Waals surface area contributed by atoms with E-state index in [1.54, 1.807) is 17.6 Å². The number of hydroxylamine groups is 1. The third kappa shape index (κ3) is 2.47. The van der Waals surface area contributed by atoms with Gasteiger partial charge < -0.3 is 4.74 Å². The standard InChI is InChI=1S/C13H18N2O3/c1-3-11-8-18-12-6-9(13(16)14-17)4-5-10(12)7-15(11)2/h4-6,11,17H,3,7-8H2,1-2H3,(H,14,16)/t11-/m0/s1. The van der Waals surface area contributed by atoms with E-state index in [0.29, 0.717) is 18.2 Å². The molecule has 5 heteroatoms. The Morgan fingerprint density at radius 3 is 3.06 bits per heavy atom. The summed E-state index contributed by atoms with van der Waals surface area (Å²) in [5.74, 6) is 0.199. The molecule has 98 valence electrons. The summed E-state index contributed by atoms with van der Waals surface area (Å²) < 4.78 is 5.75. The Bertz CT molecular complexity index is 448. The van der Waals surface area contributed by atoms with Gasteiger partial charge in [-0.3, -0.25) is 14.9 Å². The normalized spacial score (nSPS) is 19.6. The summed E-state index contributed by atoms with van der Waals surface area (Å²) in [7, 11) is 2.07. The fraction of sp³-hybridized carbons (Fsp3) is 0.462. The molecule has 1 aliphatic heterocycles. The van der Waals surface area contributed by atoms with Gasteiger partial charge in [-0.25, -0.2) is 5.48 Å². The van der Waals surface area contributed by atoms with Crippen LogP contribution in [-0.2, 0) is 6.54 Å². The second-order valence-corrected chi connectivity index (χ2v) is 4.55. The summed E-state index contributed by atoms with van der Waals surface area (Å²) >= 11 is 0. The number of amides is 1. The highest BCUT2D eigenvalue weighted by molar-refractivity contribution is 5.93. The number of hydrogen-bond donors (Lipinski definition) is 2. The molecule has 0 aliphatic carbocycles. The van der Waals surface area contributed by atoms with E-state index in [-0.39, 0.29) is 0 Å². The molecule has 2 rings (SSSR count). The molecule has 5 nitrogen and oxygen atoms in total. The highest BCUT2D eigenvalue weighted by Crippen LogP contribution is 2.26. The molecule has 2 N–H and O–H groups in total. The summed E-state index contributed by atoms with van der Waals surface area (Å²) in [6.45, 7) is 3.55. The number of hydrogen-bond acceptors (Lipinski definition) is 4. The van der Waals surface area contributed by atoms with Gasteiger partial charge in [0, 0.05) is 23.7 Å². The molecular formula is C13H18N2O3. The van der Waals surface area contributed by atoms with Gasteiger partial charge in [-0.05, 0) is 25.6 Å². The van der Waals surface area contributed by atoms with Crippen molar-refractivity contribution in [3.8, 4) is 5.75 Å². The van der Waals surface area contributed by atoms with E-state index in [1.165, 1.54) is 0 Å². The number of carbonyl (C=O) groups is 1. The highest BCUT2D eigenvalue weighted by atomic mass is 16.5. The fourth-order valence-corrected chi connectivity index (χ4v) is 2.17. The SMILES string of the molecule is CC[C@H]1COc2cc(C(=O)NO)ccc2CN1C. The Morgan fingerprint density at radius 1 is 1.61 bits per heavy atom. The summed E-state index contributed by atoms with van der Waals surface area (Å²) in [6.07, 6.45) is 1.02. The zero-order valence-corrected chi connectivity index (χ0v) is 10.6. The van der Waals surface area contributed by atoms with Crippen LogP contribution in [0.3, 0.4) is 0 Å². The van der Waals surface area contributed by atoms with Crippen molar-refractivity contribution < 1.29 is 14.7 Å². The van der Waals surface area contributed by atoms with Crippen molar-refractivity contribution in [2.45, 2.75) is 25.9 Å². The van der Waals surface area contributed by atoms with Crippen LogP contribution in [0.2, 0.25) is 0 Å². The van der Waals surface area contributed by atoms with Crippen LogP contribution in [0.1, 0.15) is 29.3 Å². The minimum Gasteiger partial charge on any atom is -0.492 e. The van der Waals surface area contributed by atoms with Crippen LogP contribution in [0, 0.1) is 0 Å². The summed E-state index contributed by atoms with van der Waals surface area (Å²) in [6, 6.07) is 5.61. The van der Waals surface area contributed by atoms with E-state index in [0.717, 1.165) is 24.3 Å². The Labute approximate surface area is 106 Å². The van der Waals surface area contributed by atoms with Crippen LogP contribution in [0.5, 0.6) is 5.75 Å². The van der Waals surface area contributed by atoms with E-state index in [2.05, 4.69) is 18.9 Å². The number of carbonyl (C=O) groups excluding carboxylic acids is 1. The van der Waals surface area contributed by atoms with E-state index in [1.807, 2.05) is 6.07 Å².